The number of rotatable bonds is 2. The molecule has 0 radical (unpaired) electrons. The molecule has 0 saturated heterocycles. The van der Waals surface area contributed by atoms with Crippen molar-refractivity contribution in [3.05, 3.63) is 71.8 Å². The Hall–Kier alpha value is -2.08. The molecule has 0 fully saturated rings. The summed E-state index contributed by atoms with van der Waals surface area (Å²) in [6.45, 7) is 1.57. The molecule has 1 atom stereocenters. The lowest BCUT2D eigenvalue weighted by atomic mass is 9.87. The van der Waals surface area contributed by atoms with Gasteiger partial charge in [-0.15, -0.1) is 0 Å². The summed E-state index contributed by atoms with van der Waals surface area (Å²) < 4.78 is 0. The van der Waals surface area contributed by atoms with E-state index in [1.54, 1.807) is 6.92 Å². The number of benzene rings is 2. The normalized spacial score (nSPS) is 12.4. The van der Waals surface area contributed by atoms with E-state index in [2.05, 4.69) is 11.8 Å². The maximum absolute atomic E-state index is 10.9. The zero-order chi connectivity index (χ0) is 13.7. The molecule has 0 aromatic heterocycles. The second-order valence-electron chi connectivity index (χ2n) is 4.39. The van der Waals surface area contributed by atoms with Crippen molar-refractivity contribution in [2.45, 2.75) is 18.6 Å². The van der Waals surface area contributed by atoms with Crippen LogP contribution in [0.25, 0.3) is 0 Å². The van der Waals surface area contributed by atoms with Gasteiger partial charge in [-0.2, -0.15) is 0 Å². The minimum Gasteiger partial charge on any atom is -0.381 e. The fourth-order valence-corrected chi connectivity index (χ4v) is 1.88. The van der Waals surface area contributed by atoms with Gasteiger partial charge in [-0.1, -0.05) is 72.5 Å². The Morgan fingerprint density at radius 3 is 1.68 bits per heavy atom. The van der Waals surface area contributed by atoms with E-state index < -0.39 is 11.7 Å². The van der Waals surface area contributed by atoms with Crippen LogP contribution in [0.15, 0.2) is 60.7 Å². The maximum Gasteiger partial charge on any atom is 0.176 e. The molecule has 0 aliphatic heterocycles. The summed E-state index contributed by atoms with van der Waals surface area (Å²) in [4.78, 5) is 0. The molecular formula is C17H16O2. The van der Waals surface area contributed by atoms with Crippen molar-refractivity contribution >= 4 is 0 Å². The van der Waals surface area contributed by atoms with Gasteiger partial charge in [0.2, 0.25) is 0 Å². The molecule has 2 aromatic rings. The van der Waals surface area contributed by atoms with Crippen LogP contribution in [-0.2, 0) is 5.60 Å². The molecule has 2 nitrogen and oxygen atoms in total. The zero-order valence-electron chi connectivity index (χ0n) is 10.7. The van der Waals surface area contributed by atoms with Gasteiger partial charge in [0.05, 0.1) is 0 Å². The van der Waals surface area contributed by atoms with E-state index in [1.807, 2.05) is 60.7 Å². The minimum atomic E-state index is -1.40. The third kappa shape index (κ3) is 3.03. The van der Waals surface area contributed by atoms with Gasteiger partial charge in [-0.3, -0.25) is 0 Å². The van der Waals surface area contributed by atoms with E-state index in [1.165, 1.54) is 0 Å². The second kappa shape index (κ2) is 5.71. The average molecular weight is 252 g/mol. The minimum absolute atomic E-state index is 0.689. The summed E-state index contributed by atoms with van der Waals surface area (Å²) in [5, 5.41) is 20.2. The average Bonchev–Trinajstić information content (AvgIpc) is 2.46. The summed E-state index contributed by atoms with van der Waals surface area (Å²) in [7, 11) is 0. The number of aliphatic hydroxyl groups is 2. The third-order valence-electron chi connectivity index (χ3n) is 2.85. The van der Waals surface area contributed by atoms with E-state index in [-0.39, 0.29) is 0 Å². The van der Waals surface area contributed by atoms with E-state index in [0.717, 1.165) is 0 Å². The highest BCUT2D eigenvalue weighted by Gasteiger charge is 2.29. The SMILES string of the molecule is CC(O)C#CC(O)(c1ccccc1)c1ccccc1. The lowest BCUT2D eigenvalue weighted by Crippen LogP contribution is -2.25. The summed E-state index contributed by atoms with van der Waals surface area (Å²) in [6.07, 6.45) is -0.779. The third-order valence-corrected chi connectivity index (χ3v) is 2.85. The van der Waals surface area contributed by atoms with Crippen molar-refractivity contribution in [3.63, 3.8) is 0 Å². The first kappa shape index (κ1) is 13.4. The largest absolute Gasteiger partial charge is 0.381 e. The van der Waals surface area contributed by atoms with Crippen LogP contribution < -0.4 is 0 Å². The molecule has 19 heavy (non-hydrogen) atoms. The summed E-state index contributed by atoms with van der Waals surface area (Å²) in [5.41, 5.74) is -0.0248. The lowest BCUT2D eigenvalue weighted by Gasteiger charge is -2.23. The Labute approximate surface area is 113 Å². The van der Waals surface area contributed by atoms with Crippen LogP contribution in [0.2, 0.25) is 0 Å². The van der Waals surface area contributed by atoms with Gasteiger partial charge in [-0.05, 0) is 6.92 Å². The van der Waals surface area contributed by atoms with Crippen LogP contribution in [0.1, 0.15) is 18.1 Å². The van der Waals surface area contributed by atoms with Crippen molar-refractivity contribution < 1.29 is 10.2 Å². The van der Waals surface area contributed by atoms with Crippen molar-refractivity contribution in [2.24, 2.45) is 0 Å². The van der Waals surface area contributed by atoms with Gasteiger partial charge in [0.15, 0.2) is 5.60 Å². The van der Waals surface area contributed by atoms with E-state index in [0.29, 0.717) is 11.1 Å². The van der Waals surface area contributed by atoms with Gasteiger partial charge >= 0.3 is 0 Å². The van der Waals surface area contributed by atoms with E-state index in [9.17, 15) is 10.2 Å². The van der Waals surface area contributed by atoms with Crippen LogP contribution in [0.5, 0.6) is 0 Å². The summed E-state index contributed by atoms with van der Waals surface area (Å²) >= 11 is 0. The molecule has 0 aliphatic rings. The standard InChI is InChI=1S/C17H16O2/c1-14(18)12-13-17(19,15-8-4-2-5-9-15)16-10-6-3-7-11-16/h2-11,14,18-19H,1H3. The summed E-state index contributed by atoms with van der Waals surface area (Å²) in [5.74, 6) is 5.42. The van der Waals surface area contributed by atoms with Gasteiger partial charge in [0, 0.05) is 11.1 Å². The topological polar surface area (TPSA) is 40.5 Å². The van der Waals surface area contributed by atoms with Crippen molar-refractivity contribution in [1.29, 1.82) is 0 Å². The van der Waals surface area contributed by atoms with Crippen LogP contribution in [-0.4, -0.2) is 16.3 Å². The van der Waals surface area contributed by atoms with Crippen LogP contribution in [0.4, 0.5) is 0 Å². The Morgan fingerprint density at radius 2 is 1.32 bits per heavy atom. The highest BCUT2D eigenvalue weighted by atomic mass is 16.3. The van der Waals surface area contributed by atoms with Crippen LogP contribution >= 0.6 is 0 Å². The molecule has 2 N–H and O–H groups in total. The molecule has 96 valence electrons. The molecule has 1 unspecified atom stereocenters. The number of aliphatic hydroxyl groups excluding tert-OH is 1. The lowest BCUT2D eigenvalue weighted by molar-refractivity contribution is 0.144. The Balaban J connectivity index is 2.55. The van der Waals surface area contributed by atoms with Gasteiger partial charge < -0.3 is 10.2 Å². The molecule has 2 heteroatoms. The van der Waals surface area contributed by atoms with Crippen molar-refractivity contribution in [1.82, 2.24) is 0 Å². The van der Waals surface area contributed by atoms with Crippen molar-refractivity contribution in [3.8, 4) is 11.8 Å². The van der Waals surface area contributed by atoms with Gasteiger partial charge in [0.25, 0.3) is 0 Å². The quantitative estimate of drug-likeness (QED) is 0.805. The molecule has 2 rings (SSSR count). The zero-order valence-corrected chi connectivity index (χ0v) is 10.7. The van der Waals surface area contributed by atoms with Crippen LogP contribution in [0.3, 0.4) is 0 Å². The van der Waals surface area contributed by atoms with Crippen LogP contribution in [0, 0.1) is 11.8 Å². The predicted octanol–water partition coefficient (Wildman–Crippen LogP) is 2.31. The fraction of sp³-hybridized carbons (Fsp3) is 0.176. The first-order chi connectivity index (χ1) is 9.13. The maximum atomic E-state index is 10.9. The fourth-order valence-electron chi connectivity index (χ4n) is 1.88. The van der Waals surface area contributed by atoms with Gasteiger partial charge in [-0.25, -0.2) is 0 Å². The first-order valence-corrected chi connectivity index (χ1v) is 6.17. The molecule has 0 spiro atoms. The van der Waals surface area contributed by atoms with E-state index in [4.69, 9.17) is 0 Å². The predicted molar refractivity (Wildman–Crippen MR) is 75.3 cm³/mol. The summed E-state index contributed by atoms with van der Waals surface area (Å²) in [6, 6.07) is 18.5. The molecule has 0 aliphatic carbocycles. The molecule has 0 heterocycles. The Bertz CT molecular complexity index is 537. The first-order valence-electron chi connectivity index (χ1n) is 6.17. The molecule has 2 aromatic carbocycles. The smallest absolute Gasteiger partial charge is 0.176 e. The molecule has 0 saturated carbocycles. The Kier molecular flexibility index (Phi) is 4.01. The van der Waals surface area contributed by atoms with E-state index >= 15 is 0 Å². The number of hydrogen-bond acceptors (Lipinski definition) is 2. The van der Waals surface area contributed by atoms with Crippen molar-refractivity contribution in [2.75, 3.05) is 0 Å². The molecule has 0 bridgehead atoms. The Morgan fingerprint density at radius 1 is 0.895 bits per heavy atom. The van der Waals surface area contributed by atoms with Gasteiger partial charge in [0.1, 0.15) is 6.10 Å². The number of hydrogen-bond donors (Lipinski definition) is 2. The second-order valence-corrected chi connectivity index (χ2v) is 4.39. The monoisotopic (exact) mass is 252 g/mol. The highest BCUT2D eigenvalue weighted by Crippen LogP contribution is 2.28. The molecule has 0 amide bonds. The highest BCUT2D eigenvalue weighted by molar-refractivity contribution is 5.44. The molecular weight excluding hydrogens is 236 g/mol.